The van der Waals surface area contributed by atoms with Gasteiger partial charge in [0.1, 0.15) is 11.9 Å². The Morgan fingerprint density at radius 3 is 2.50 bits per heavy atom. The van der Waals surface area contributed by atoms with Crippen LogP contribution in [0.15, 0.2) is 59.4 Å². The lowest BCUT2D eigenvalue weighted by Crippen LogP contribution is -2.09. The van der Waals surface area contributed by atoms with Crippen LogP contribution in [0.4, 0.5) is 0 Å². The number of ether oxygens (including phenoxy) is 1. The zero-order valence-corrected chi connectivity index (χ0v) is 11.9. The van der Waals surface area contributed by atoms with Crippen molar-refractivity contribution < 1.29 is 4.74 Å². The Morgan fingerprint density at radius 2 is 1.72 bits per heavy atom. The number of rotatable bonds is 0. The van der Waals surface area contributed by atoms with Gasteiger partial charge < -0.3 is 4.74 Å². The molecule has 0 saturated carbocycles. The first-order valence-electron chi connectivity index (χ1n) is 7.06. The largest absolute Gasteiger partial charge is 0.485 e. The van der Waals surface area contributed by atoms with Gasteiger partial charge in [0, 0.05) is 17.6 Å². The Balaban J connectivity index is 0.000000371. The maximum Gasteiger partial charge on any atom is 0.128 e. The molecule has 1 heteroatoms. The van der Waals surface area contributed by atoms with Crippen LogP contribution < -0.4 is 0 Å². The average Bonchev–Trinajstić information content (AvgIpc) is 2.65. The molecule has 3 aliphatic rings. The number of hydrogen-bond acceptors (Lipinski definition) is 1. The predicted octanol–water partition coefficient (Wildman–Crippen LogP) is 5.09. The van der Waals surface area contributed by atoms with E-state index < -0.39 is 0 Å². The molecule has 2 aliphatic carbocycles. The first kappa shape index (κ1) is 14.6. The van der Waals surface area contributed by atoms with Gasteiger partial charge in [0.2, 0.25) is 0 Å². The zero-order chi connectivity index (χ0) is 13.4. The molecule has 0 aromatic rings. The molecule has 1 atom stereocenters. The second kappa shape index (κ2) is 7.75. The van der Waals surface area contributed by atoms with E-state index in [1.54, 1.807) is 0 Å². The molecule has 0 fully saturated rings. The van der Waals surface area contributed by atoms with Crippen molar-refractivity contribution in [1.82, 2.24) is 0 Å². The minimum atomic E-state index is 0.261. The monoisotopic (exact) mass is 244 g/mol. The van der Waals surface area contributed by atoms with Gasteiger partial charge in [-0.05, 0) is 12.5 Å². The molecular formula is C17H24O. The zero-order valence-electron chi connectivity index (χ0n) is 11.9. The van der Waals surface area contributed by atoms with E-state index in [1.165, 1.54) is 11.1 Å². The molecule has 0 bridgehead atoms. The summed E-state index contributed by atoms with van der Waals surface area (Å²) in [5, 5.41) is 0. The lowest BCUT2D eigenvalue weighted by molar-refractivity contribution is 0.178. The Labute approximate surface area is 111 Å². The molecule has 1 heterocycles. The van der Waals surface area contributed by atoms with Crippen molar-refractivity contribution >= 4 is 0 Å². The van der Waals surface area contributed by atoms with Crippen molar-refractivity contribution in [2.45, 2.75) is 46.6 Å². The molecular weight excluding hydrogens is 220 g/mol. The van der Waals surface area contributed by atoms with Crippen LogP contribution in [0.2, 0.25) is 0 Å². The summed E-state index contributed by atoms with van der Waals surface area (Å²) in [7, 11) is 0. The molecule has 0 aromatic heterocycles. The van der Waals surface area contributed by atoms with E-state index in [0.29, 0.717) is 0 Å². The number of allylic oxidation sites excluding steroid dienone is 6. The van der Waals surface area contributed by atoms with E-state index in [4.69, 9.17) is 4.74 Å². The van der Waals surface area contributed by atoms with Gasteiger partial charge >= 0.3 is 0 Å². The Hall–Kier alpha value is -1.50. The molecule has 98 valence electrons. The van der Waals surface area contributed by atoms with Gasteiger partial charge in [-0.25, -0.2) is 0 Å². The summed E-state index contributed by atoms with van der Waals surface area (Å²) >= 11 is 0. The Bertz CT molecular complexity index is 405. The van der Waals surface area contributed by atoms with Crippen LogP contribution in [0.1, 0.15) is 40.5 Å². The first-order chi connectivity index (χ1) is 8.95. The molecule has 0 N–H and O–H groups in total. The highest BCUT2D eigenvalue weighted by molar-refractivity contribution is 5.54. The second-order valence-corrected chi connectivity index (χ2v) is 3.71. The van der Waals surface area contributed by atoms with Crippen molar-refractivity contribution in [3.63, 3.8) is 0 Å². The normalized spacial score (nSPS) is 22.4. The van der Waals surface area contributed by atoms with Crippen LogP contribution in [-0.4, -0.2) is 6.10 Å². The predicted molar refractivity (Wildman–Crippen MR) is 79.3 cm³/mol. The molecule has 18 heavy (non-hydrogen) atoms. The minimum Gasteiger partial charge on any atom is -0.485 e. The molecule has 0 spiro atoms. The van der Waals surface area contributed by atoms with Crippen molar-refractivity contribution in [3.8, 4) is 0 Å². The lowest BCUT2D eigenvalue weighted by Gasteiger charge is -2.14. The molecule has 3 rings (SSSR count). The maximum atomic E-state index is 5.87. The lowest BCUT2D eigenvalue weighted by atomic mass is 9.96. The van der Waals surface area contributed by atoms with E-state index in [9.17, 15) is 0 Å². The van der Waals surface area contributed by atoms with E-state index in [-0.39, 0.29) is 6.10 Å². The summed E-state index contributed by atoms with van der Waals surface area (Å²) in [5.41, 5.74) is 2.61. The summed E-state index contributed by atoms with van der Waals surface area (Å²) < 4.78 is 5.87. The van der Waals surface area contributed by atoms with Crippen molar-refractivity contribution in [2.24, 2.45) is 0 Å². The third-order valence-corrected chi connectivity index (χ3v) is 2.78. The summed E-state index contributed by atoms with van der Waals surface area (Å²) in [4.78, 5) is 0. The van der Waals surface area contributed by atoms with Crippen molar-refractivity contribution in [2.75, 3.05) is 0 Å². The number of hydrogen-bond donors (Lipinski definition) is 0. The standard InChI is InChI=1S/C13H12O.2C2H6/c1-2-6-10-11-7-4-5-9-13(11)14-12(10)8-3-1;2*1-2/h2-8,13H,1,9H2;2*1-2H3. The molecule has 1 aliphatic heterocycles. The highest BCUT2D eigenvalue weighted by atomic mass is 16.5. The van der Waals surface area contributed by atoms with Crippen LogP contribution in [0.5, 0.6) is 0 Å². The van der Waals surface area contributed by atoms with Crippen LogP contribution >= 0.6 is 0 Å². The molecule has 0 saturated heterocycles. The van der Waals surface area contributed by atoms with E-state index in [2.05, 4.69) is 42.5 Å². The highest BCUT2D eigenvalue weighted by Crippen LogP contribution is 2.36. The van der Waals surface area contributed by atoms with Crippen LogP contribution in [0.3, 0.4) is 0 Å². The van der Waals surface area contributed by atoms with Gasteiger partial charge in [0.05, 0.1) is 0 Å². The molecule has 0 amide bonds. The van der Waals surface area contributed by atoms with E-state index in [1.807, 2.05) is 27.7 Å². The Kier molecular flexibility index (Phi) is 6.27. The van der Waals surface area contributed by atoms with Gasteiger partial charge in [0.25, 0.3) is 0 Å². The van der Waals surface area contributed by atoms with Gasteiger partial charge in [-0.15, -0.1) is 0 Å². The fourth-order valence-electron chi connectivity index (χ4n) is 2.09. The van der Waals surface area contributed by atoms with Crippen LogP contribution in [0.25, 0.3) is 0 Å². The molecule has 1 unspecified atom stereocenters. The van der Waals surface area contributed by atoms with Crippen LogP contribution in [0, 0.1) is 0 Å². The second-order valence-electron chi connectivity index (χ2n) is 3.71. The Morgan fingerprint density at radius 1 is 1.00 bits per heavy atom. The third-order valence-electron chi connectivity index (χ3n) is 2.78. The van der Waals surface area contributed by atoms with Crippen LogP contribution in [-0.2, 0) is 4.74 Å². The topological polar surface area (TPSA) is 9.23 Å². The smallest absolute Gasteiger partial charge is 0.128 e. The summed E-state index contributed by atoms with van der Waals surface area (Å²) in [6, 6.07) is 0. The van der Waals surface area contributed by atoms with Crippen molar-refractivity contribution in [3.05, 3.63) is 59.4 Å². The molecule has 0 aromatic carbocycles. The van der Waals surface area contributed by atoms with E-state index >= 15 is 0 Å². The minimum absolute atomic E-state index is 0.261. The first-order valence-corrected chi connectivity index (χ1v) is 7.06. The van der Waals surface area contributed by atoms with Gasteiger partial charge in [-0.1, -0.05) is 64.2 Å². The maximum absolute atomic E-state index is 5.87. The average molecular weight is 244 g/mol. The van der Waals surface area contributed by atoms with Gasteiger partial charge in [-0.3, -0.25) is 0 Å². The fraction of sp³-hybridized carbons (Fsp3) is 0.412. The number of fused-ring (bicyclic) bond motifs is 2. The summed E-state index contributed by atoms with van der Waals surface area (Å²) in [6.07, 6.45) is 17.3. The SMILES string of the molecule is C1=CCC2OC3=C(C=CCC=C3)C2=C1.CC.CC. The van der Waals surface area contributed by atoms with Crippen molar-refractivity contribution in [1.29, 1.82) is 0 Å². The van der Waals surface area contributed by atoms with Gasteiger partial charge in [-0.2, -0.15) is 0 Å². The summed E-state index contributed by atoms with van der Waals surface area (Å²) in [6.45, 7) is 8.00. The molecule has 0 radical (unpaired) electrons. The fourth-order valence-corrected chi connectivity index (χ4v) is 2.09. The quantitative estimate of drug-likeness (QED) is 0.576. The van der Waals surface area contributed by atoms with Gasteiger partial charge in [0.15, 0.2) is 0 Å². The summed E-state index contributed by atoms with van der Waals surface area (Å²) in [5.74, 6) is 1.04. The molecule has 1 nitrogen and oxygen atoms in total. The highest BCUT2D eigenvalue weighted by Gasteiger charge is 2.28. The van der Waals surface area contributed by atoms with E-state index in [0.717, 1.165) is 18.6 Å². The third kappa shape index (κ3) is 3.04.